The third-order valence-electron chi connectivity index (χ3n) is 4.16. The number of methoxy groups -OCH3 is 1. The zero-order chi connectivity index (χ0) is 14.5. The molecule has 1 saturated carbocycles. The van der Waals surface area contributed by atoms with E-state index < -0.39 is 0 Å². The van der Waals surface area contributed by atoms with Crippen LogP contribution in [0.2, 0.25) is 0 Å². The van der Waals surface area contributed by atoms with Gasteiger partial charge in [0.25, 0.3) is 0 Å². The second kappa shape index (κ2) is 7.25. The first-order chi connectivity index (χ1) is 10.3. The summed E-state index contributed by atoms with van der Waals surface area (Å²) >= 11 is 0. The maximum absolute atomic E-state index is 6.02. The highest BCUT2D eigenvalue weighted by atomic mass is 16.5. The smallest absolute Gasteiger partial charge is 0.124 e. The van der Waals surface area contributed by atoms with E-state index in [-0.39, 0.29) is 0 Å². The molecule has 0 amide bonds. The molecular formula is C17H25NO3. The molecule has 1 heterocycles. The van der Waals surface area contributed by atoms with Gasteiger partial charge in [0.05, 0.1) is 19.8 Å². The van der Waals surface area contributed by atoms with Crippen molar-refractivity contribution in [1.29, 1.82) is 0 Å². The summed E-state index contributed by atoms with van der Waals surface area (Å²) in [5.41, 5.74) is 2.44. The third-order valence-corrected chi connectivity index (χ3v) is 4.16. The lowest BCUT2D eigenvalue weighted by atomic mass is 10.1. The molecule has 0 radical (unpaired) electrons. The van der Waals surface area contributed by atoms with Crippen LogP contribution in [-0.2, 0) is 22.6 Å². The Bertz CT molecular complexity index is 453. The molecule has 1 saturated heterocycles. The Morgan fingerprint density at radius 3 is 2.71 bits per heavy atom. The molecule has 4 nitrogen and oxygen atoms in total. The van der Waals surface area contributed by atoms with Gasteiger partial charge in [0, 0.05) is 31.4 Å². The Labute approximate surface area is 126 Å². The van der Waals surface area contributed by atoms with Gasteiger partial charge in [-0.25, -0.2) is 0 Å². The highest BCUT2D eigenvalue weighted by Crippen LogP contribution is 2.24. The number of ether oxygens (including phenoxy) is 3. The fourth-order valence-corrected chi connectivity index (χ4v) is 2.65. The molecule has 1 aliphatic heterocycles. The average molecular weight is 291 g/mol. The van der Waals surface area contributed by atoms with Crippen molar-refractivity contribution < 1.29 is 14.2 Å². The van der Waals surface area contributed by atoms with E-state index in [2.05, 4.69) is 17.4 Å². The molecule has 0 atom stereocenters. The van der Waals surface area contributed by atoms with E-state index in [0.29, 0.717) is 12.7 Å². The van der Waals surface area contributed by atoms with Crippen LogP contribution >= 0.6 is 0 Å². The molecule has 1 aliphatic carbocycles. The fourth-order valence-electron chi connectivity index (χ4n) is 2.65. The lowest BCUT2D eigenvalue weighted by Gasteiger charge is -2.23. The first-order valence-corrected chi connectivity index (χ1v) is 7.93. The average Bonchev–Trinajstić information content (AvgIpc) is 3.36. The van der Waals surface area contributed by atoms with E-state index in [1.54, 1.807) is 7.11 Å². The summed E-state index contributed by atoms with van der Waals surface area (Å²) in [4.78, 5) is 0. The van der Waals surface area contributed by atoms with E-state index >= 15 is 0 Å². The van der Waals surface area contributed by atoms with E-state index in [1.165, 1.54) is 18.4 Å². The van der Waals surface area contributed by atoms with Crippen molar-refractivity contribution in [2.24, 2.45) is 0 Å². The Hall–Kier alpha value is -1.10. The van der Waals surface area contributed by atoms with Crippen molar-refractivity contribution in [3.05, 3.63) is 29.3 Å². The quantitative estimate of drug-likeness (QED) is 0.838. The predicted molar refractivity (Wildman–Crippen MR) is 81.5 cm³/mol. The predicted octanol–water partition coefficient (Wildman–Crippen LogP) is 2.64. The van der Waals surface area contributed by atoms with Gasteiger partial charge in [0.2, 0.25) is 0 Å². The SMILES string of the molecule is COc1ccc(CNC2CC2)cc1COC1CCOCC1. The molecule has 4 heteroatoms. The van der Waals surface area contributed by atoms with Crippen LogP contribution in [0.3, 0.4) is 0 Å². The highest BCUT2D eigenvalue weighted by Gasteiger charge is 2.20. The summed E-state index contributed by atoms with van der Waals surface area (Å²) in [5.74, 6) is 0.914. The second-order valence-electron chi connectivity index (χ2n) is 5.92. The molecule has 2 fully saturated rings. The molecule has 0 aromatic heterocycles. The van der Waals surface area contributed by atoms with Crippen LogP contribution in [-0.4, -0.2) is 32.5 Å². The zero-order valence-corrected chi connectivity index (χ0v) is 12.8. The molecule has 0 spiro atoms. The molecule has 2 aliphatic rings. The van der Waals surface area contributed by atoms with Crippen LogP contribution in [0, 0.1) is 0 Å². The van der Waals surface area contributed by atoms with E-state index in [4.69, 9.17) is 14.2 Å². The molecule has 116 valence electrons. The molecule has 1 aromatic carbocycles. The summed E-state index contributed by atoms with van der Waals surface area (Å²) in [6.45, 7) is 3.17. The first-order valence-electron chi connectivity index (χ1n) is 7.93. The van der Waals surface area contributed by atoms with Gasteiger partial charge < -0.3 is 19.5 Å². The highest BCUT2D eigenvalue weighted by molar-refractivity contribution is 5.37. The molecule has 1 N–H and O–H groups in total. The van der Waals surface area contributed by atoms with Gasteiger partial charge in [-0.1, -0.05) is 6.07 Å². The zero-order valence-electron chi connectivity index (χ0n) is 12.8. The first kappa shape index (κ1) is 14.8. The summed E-state index contributed by atoms with van der Waals surface area (Å²) < 4.78 is 16.8. The minimum Gasteiger partial charge on any atom is -0.496 e. The van der Waals surface area contributed by atoms with Crippen LogP contribution in [0.25, 0.3) is 0 Å². The third kappa shape index (κ3) is 4.43. The van der Waals surface area contributed by atoms with Gasteiger partial charge in [-0.2, -0.15) is 0 Å². The van der Waals surface area contributed by atoms with Gasteiger partial charge in [-0.15, -0.1) is 0 Å². The van der Waals surface area contributed by atoms with Gasteiger partial charge in [0.15, 0.2) is 0 Å². The van der Waals surface area contributed by atoms with Crippen molar-refractivity contribution in [3.8, 4) is 5.75 Å². The molecular weight excluding hydrogens is 266 g/mol. The Kier molecular flexibility index (Phi) is 5.12. The normalized spacial score (nSPS) is 19.7. The lowest BCUT2D eigenvalue weighted by Crippen LogP contribution is -2.23. The van der Waals surface area contributed by atoms with Gasteiger partial charge in [-0.05, 0) is 43.4 Å². The molecule has 1 aromatic rings. The van der Waals surface area contributed by atoms with Crippen LogP contribution in [0.1, 0.15) is 36.8 Å². The van der Waals surface area contributed by atoms with Crippen LogP contribution in [0.4, 0.5) is 0 Å². The number of rotatable bonds is 7. The fraction of sp³-hybridized carbons (Fsp3) is 0.647. The second-order valence-corrected chi connectivity index (χ2v) is 5.92. The van der Waals surface area contributed by atoms with Crippen molar-refractivity contribution >= 4 is 0 Å². The van der Waals surface area contributed by atoms with E-state index in [0.717, 1.165) is 50.0 Å². The number of benzene rings is 1. The van der Waals surface area contributed by atoms with Crippen LogP contribution in [0.15, 0.2) is 18.2 Å². The van der Waals surface area contributed by atoms with E-state index in [9.17, 15) is 0 Å². The number of hydrogen-bond acceptors (Lipinski definition) is 4. The number of hydrogen-bond donors (Lipinski definition) is 1. The maximum Gasteiger partial charge on any atom is 0.124 e. The minimum atomic E-state index is 0.316. The summed E-state index contributed by atoms with van der Waals surface area (Å²) in [6, 6.07) is 7.11. The van der Waals surface area contributed by atoms with Crippen LogP contribution in [0.5, 0.6) is 5.75 Å². The van der Waals surface area contributed by atoms with Crippen molar-refractivity contribution in [3.63, 3.8) is 0 Å². The van der Waals surface area contributed by atoms with Crippen molar-refractivity contribution in [2.45, 2.75) is 51.0 Å². The Morgan fingerprint density at radius 1 is 1.19 bits per heavy atom. The molecule has 0 unspecified atom stereocenters. The lowest BCUT2D eigenvalue weighted by molar-refractivity contribution is -0.0394. The Morgan fingerprint density at radius 2 is 2.00 bits per heavy atom. The monoisotopic (exact) mass is 291 g/mol. The standard InChI is InChI=1S/C17H25NO3/c1-19-17-5-2-13(11-18-15-3-4-15)10-14(17)12-21-16-6-8-20-9-7-16/h2,5,10,15-16,18H,3-4,6-9,11-12H2,1H3. The largest absolute Gasteiger partial charge is 0.496 e. The molecule has 21 heavy (non-hydrogen) atoms. The maximum atomic E-state index is 6.02. The summed E-state index contributed by atoms with van der Waals surface area (Å²) in [7, 11) is 1.72. The minimum absolute atomic E-state index is 0.316. The summed E-state index contributed by atoms with van der Waals surface area (Å²) in [5, 5.41) is 3.54. The van der Waals surface area contributed by atoms with Gasteiger partial charge in [-0.3, -0.25) is 0 Å². The van der Waals surface area contributed by atoms with Crippen LogP contribution < -0.4 is 10.1 Å². The molecule has 3 rings (SSSR count). The topological polar surface area (TPSA) is 39.7 Å². The van der Waals surface area contributed by atoms with E-state index in [1.807, 2.05) is 6.07 Å². The van der Waals surface area contributed by atoms with Gasteiger partial charge in [0.1, 0.15) is 5.75 Å². The Balaban J connectivity index is 1.58. The summed E-state index contributed by atoms with van der Waals surface area (Å²) in [6.07, 6.45) is 4.93. The van der Waals surface area contributed by atoms with Crippen molar-refractivity contribution in [2.75, 3.05) is 20.3 Å². The number of nitrogens with one attached hydrogen (secondary N) is 1. The van der Waals surface area contributed by atoms with Gasteiger partial charge >= 0.3 is 0 Å². The molecule has 0 bridgehead atoms. The van der Waals surface area contributed by atoms with Crippen molar-refractivity contribution in [1.82, 2.24) is 5.32 Å².